The van der Waals surface area contributed by atoms with Crippen LogP contribution in [0.5, 0.6) is 0 Å². The van der Waals surface area contributed by atoms with E-state index in [0.717, 1.165) is 90.9 Å². The van der Waals surface area contributed by atoms with E-state index < -0.39 is 0 Å². The summed E-state index contributed by atoms with van der Waals surface area (Å²) in [7, 11) is 0. The van der Waals surface area contributed by atoms with Gasteiger partial charge < -0.3 is 24.0 Å². The number of anilines is 4. The molecule has 27 aromatic rings. The summed E-state index contributed by atoms with van der Waals surface area (Å²) < 4.78 is 15.3. The molecule has 2 N–H and O–H groups in total. The van der Waals surface area contributed by atoms with E-state index >= 15 is 0 Å². The molecule has 0 saturated heterocycles. The Labute approximate surface area is 856 Å². The lowest BCUT2D eigenvalue weighted by molar-refractivity contribution is 0.669. The molecule has 696 valence electrons. The molecule has 0 atom stereocenters. The summed E-state index contributed by atoms with van der Waals surface area (Å²) in [5.74, 6) is 0. The summed E-state index contributed by atoms with van der Waals surface area (Å²) in [6, 6.07) is 205. The Hall–Kier alpha value is -19.2. The Balaban J connectivity index is 0.000000105. The Morgan fingerprint density at radius 3 is 1.12 bits per heavy atom. The molecule has 24 aromatic carbocycles. The van der Waals surface area contributed by atoms with Gasteiger partial charge in [0.25, 0.3) is 0 Å². The number of hydrogen-bond acceptors (Lipinski definition) is 4. The van der Waals surface area contributed by atoms with Crippen LogP contribution in [0, 0.1) is 0 Å². The molecule has 0 radical (unpaired) electrons. The van der Waals surface area contributed by atoms with Gasteiger partial charge in [-0.05, 0) is 261 Å². The molecule has 0 aliphatic heterocycles. The number of para-hydroxylation sites is 4. The molecule has 0 aliphatic rings. The van der Waals surface area contributed by atoms with Crippen molar-refractivity contribution in [2.45, 2.75) is 12.8 Å². The van der Waals surface area contributed by atoms with Gasteiger partial charge in [0.2, 0.25) is 0 Å². The van der Waals surface area contributed by atoms with Gasteiger partial charge in [-0.3, -0.25) is 0 Å². The molecule has 0 amide bonds. The van der Waals surface area contributed by atoms with E-state index in [1.165, 1.54) is 171 Å². The average Bonchev–Trinajstić information content (AvgIpc) is 1.64. The highest BCUT2D eigenvalue weighted by atomic mass is 16.3. The minimum atomic E-state index is 0.872. The van der Waals surface area contributed by atoms with Crippen molar-refractivity contribution in [1.82, 2.24) is 4.57 Å². The summed E-state index contributed by atoms with van der Waals surface area (Å²) in [4.78, 5) is 0. The van der Waals surface area contributed by atoms with Crippen LogP contribution < -0.4 is 10.6 Å². The molecule has 3 heterocycles. The summed E-state index contributed by atoms with van der Waals surface area (Å²) in [6.07, 6.45) is 1.80. The second-order valence-electron chi connectivity index (χ2n) is 37.5. The Kier molecular flexibility index (Phi) is 25.5. The Morgan fingerprint density at radius 2 is 0.551 bits per heavy atom. The zero-order valence-corrected chi connectivity index (χ0v) is 81.0. The predicted octanol–water partition coefficient (Wildman–Crippen LogP) is 39.3. The van der Waals surface area contributed by atoms with Crippen molar-refractivity contribution in [1.29, 1.82) is 0 Å². The smallest absolute Gasteiger partial charge is 0.143 e. The zero-order chi connectivity index (χ0) is 98.0. The van der Waals surface area contributed by atoms with Gasteiger partial charge in [0.15, 0.2) is 0 Å². The highest BCUT2D eigenvalue weighted by molar-refractivity contribution is 6.16. The molecule has 27 rings (SSSR count). The maximum Gasteiger partial charge on any atom is 0.143 e. The fourth-order valence-corrected chi connectivity index (χ4v) is 20.8. The number of nitrogens with one attached hydrogen (secondary N) is 2. The van der Waals surface area contributed by atoms with Gasteiger partial charge in [0.1, 0.15) is 22.3 Å². The molecule has 0 bridgehead atoms. The summed E-state index contributed by atoms with van der Waals surface area (Å²) in [6.45, 7) is 0. The van der Waals surface area contributed by atoms with E-state index in [-0.39, 0.29) is 0 Å². The van der Waals surface area contributed by atoms with Gasteiger partial charge in [-0.2, -0.15) is 0 Å². The van der Waals surface area contributed by atoms with E-state index in [1.54, 1.807) is 0 Å². The third-order valence-electron chi connectivity index (χ3n) is 28.0. The van der Waals surface area contributed by atoms with Crippen LogP contribution in [0.15, 0.2) is 585 Å². The van der Waals surface area contributed by atoms with Gasteiger partial charge in [-0.1, -0.05) is 461 Å². The zero-order valence-electron chi connectivity index (χ0n) is 81.0. The van der Waals surface area contributed by atoms with Crippen molar-refractivity contribution in [2.24, 2.45) is 0 Å². The SMILES string of the molecule is c1ccc(-c2cc(Nc3cc(-c4ccccc4)cc(-c4ccccc4)c3)cc(-c3ccccc3)c2)cc1.c1ccc(-c2ccccc2-c2ccccc2Nc2ccc(-c3ccccc3)c3ccccc23)cc1.c1ccc(-n2c3ccccc3c3cc(Cc4ccc5oc6cc7ccccc7cc6c5c4)ccc32)cc1.c1ccc(Cc2ccc(-c3cccc4c3oc3c(-c5ccccc5)cc(-c5ccccc5)cc34)cc2)cc1. The van der Waals surface area contributed by atoms with Crippen LogP contribution in [0.4, 0.5) is 22.7 Å². The van der Waals surface area contributed by atoms with Gasteiger partial charge >= 0.3 is 0 Å². The third kappa shape index (κ3) is 19.4. The lowest BCUT2D eigenvalue weighted by Crippen LogP contribution is -1.96. The first-order chi connectivity index (χ1) is 72.8. The van der Waals surface area contributed by atoms with Crippen LogP contribution in [0.25, 0.3) is 204 Å². The van der Waals surface area contributed by atoms with Crippen molar-refractivity contribution < 1.29 is 8.83 Å². The van der Waals surface area contributed by atoms with E-state index in [4.69, 9.17) is 8.83 Å². The Bertz CT molecular complexity index is 9100. The minimum Gasteiger partial charge on any atom is -0.456 e. The van der Waals surface area contributed by atoms with E-state index in [0.29, 0.717) is 0 Å². The maximum atomic E-state index is 6.74. The van der Waals surface area contributed by atoms with Crippen molar-refractivity contribution >= 4 is 110 Å². The second kappa shape index (κ2) is 41.5. The molecule has 147 heavy (non-hydrogen) atoms. The first-order valence-electron chi connectivity index (χ1n) is 50.4. The van der Waals surface area contributed by atoms with Crippen LogP contribution in [0.1, 0.15) is 22.3 Å². The topological polar surface area (TPSA) is 55.3 Å². The van der Waals surface area contributed by atoms with E-state index in [2.05, 4.69) is 592 Å². The lowest BCUT2D eigenvalue weighted by Gasteiger charge is -2.18. The van der Waals surface area contributed by atoms with Crippen LogP contribution >= 0.6 is 0 Å². The molecule has 0 fully saturated rings. The fraction of sp³-hybridized carbons (Fsp3) is 0.0141. The molecular formula is C142H101N3O2. The number of nitrogens with zero attached hydrogens (tertiary/aromatic N) is 1. The highest BCUT2D eigenvalue weighted by Gasteiger charge is 2.22. The normalized spacial score (nSPS) is 11.2. The molecular weight excluding hydrogens is 1780 g/mol. The van der Waals surface area contributed by atoms with Crippen LogP contribution in [0.2, 0.25) is 0 Å². The molecule has 3 aromatic heterocycles. The monoisotopic (exact) mass is 1880 g/mol. The molecule has 0 aliphatic carbocycles. The van der Waals surface area contributed by atoms with Gasteiger partial charge in [0.05, 0.1) is 11.0 Å². The minimum absolute atomic E-state index is 0.872. The van der Waals surface area contributed by atoms with Gasteiger partial charge in [-0.25, -0.2) is 0 Å². The van der Waals surface area contributed by atoms with Crippen molar-refractivity contribution in [2.75, 3.05) is 10.6 Å². The van der Waals surface area contributed by atoms with Gasteiger partial charge in [0, 0.05) is 82.8 Å². The quantitative estimate of drug-likeness (QED) is 0.0847. The molecule has 0 saturated carbocycles. The molecule has 5 nitrogen and oxygen atoms in total. The number of aromatic nitrogens is 1. The standard InChI is InChI=1S/C37H26O.C36H27N.C35H23NO.C34H25N/c1-4-11-26(12-5-1)23-27-19-21-30(22-20-27)32-17-10-18-33-35-25-31(28-13-6-2-7-14-28)24-34(37(35)38-36(32)33)29-15-8-3-9-16-29;1-5-13-27(14-6-1)31-21-32(28-15-7-2-8-16-28)24-35(23-31)37-36-25-33(29-17-9-3-10-18-29)22-34(26-36)30-19-11-4-12-20-30;1-2-10-27(11-3-1)36-32-13-7-6-12-28(32)29-19-23(14-16-33(29)36)18-24-15-17-34-30(20-24)31-21-25-8-4-5-9-26(25)22-35(31)37-34;1-3-13-25(14-4-1)27-17-7-8-18-29(27)31-21-11-12-22-33(31)35-34-24-23-28(26-15-5-2-6-16-26)30-19-9-10-20-32(30)34/h1-22,24-25H,23H2;1-26,37H;1-17,19-22H,18H2;1-24,35H. The highest BCUT2D eigenvalue weighted by Crippen LogP contribution is 2.47. The number of fused-ring (bicyclic) bond motifs is 11. The third-order valence-corrected chi connectivity index (χ3v) is 28.0. The predicted molar refractivity (Wildman–Crippen MR) is 622 cm³/mol. The lowest BCUT2D eigenvalue weighted by atomic mass is 9.93. The average molecular weight is 1880 g/mol. The van der Waals surface area contributed by atoms with Crippen molar-refractivity contribution in [3.05, 3.63) is 599 Å². The maximum absolute atomic E-state index is 6.74. The number of hydrogen-bond donors (Lipinski definition) is 2. The first-order valence-corrected chi connectivity index (χ1v) is 50.4. The fourth-order valence-electron chi connectivity index (χ4n) is 20.8. The Morgan fingerprint density at radius 1 is 0.163 bits per heavy atom. The van der Waals surface area contributed by atoms with Crippen LogP contribution in [-0.2, 0) is 12.8 Å². The first kappa shape index (κ1) is 90.4. The number of rotatable bonds is 19. The van der Waals surface area contributed by atoms with Crippen molar-refractivity contribution in [3.8, 4) is 117 Å². The summed E-state index contributed by atoms with van der Waals surface area (Å²) in [5, 5.41) is 19.6. The number of benzene rings is 24. The van der Waals surface area contributed by atoms with E-state index in [9.17, 15) is 0 Å². The largest absolute Gasteiger partial charge is 0.456 e. The molecule has 0 unspecified atom stereocenters. The molecule has 0 spiro atoms. The summed E-state index contributed by atoms with van der Waals surface area (Å²) >= 11 is 0. The van der Waals surface area contributed by atoms with E-state index in [1.807, 2.05) is 0 Å². The summed E-state index contributed by atoms with van der Waals surface area (Å²) in [5.41, 5.74) is 40.7. The van der Waals surface area contributed by atoms with Crippen LogP contribution in [-0.4, -0.2) is 4.57 Å². The molecule has 5 heteroatoms. The van der Waals surface area contributed by atoms with Crippen molar-refractivity contribution in [3.63, 3.8) is 0 Å². The van der Waals surface area contributed by atoms with Gasteiger partial charge in [-0.15, -0.1) is 0 Å². The number of furan rings is 2. The second-order valence-corrected chi connectivity index (χ2v) is 37.5. The van der Waals surface area contributed by atoms with Crippen LogP contribution in [0.3, 0.4) is 0 Å².